The van der Waals surface area contributed by atoms with Crippen molar-refractivity contribution in [3.8, 4) is 0 Å². The molecule has 0 fully saturated rings. The van der Waals surface area contributed by atoms with Crippen LogP contribution in [0, 0.1) is 5.92 Å². The third-order valence-corrected chi connectivity index (χ3v) is 4.82. The number of sulfonamides is 1. The number of hydrogen-bond acceptors (Lipinski definition) is 4. The van der Waals surface area contributed by atoms with Crippen molar-refractivity contribution in [1.29, 1.82) is 0 Å². The summed E-state index contributed by atoms with van der Waals surface area (Å²) in [5.41, 5.74) is 1.24. The lowest BCUT2D eigenvalue weighted by Gasteiger charge is -2.20. The summed E-state index contributed by atoms with van der Waals surface area (Å²) in [6, 6.07) is 4.72. The van der Waals surface area contributed by atoms with E-state index >= 15 is 0 Å². The van der Waals surface area contributed by atoms with Crippen molar-refractivity contribution in [2.24, 2.45) is 5.92 Å². The van der Waals surface area contributed by atoms with Crippen molar-refractivity contribution >= 4 is 27.3 Å². The highest BCUT2D eigenvalue weighted by Crippen LogP contribution is 2.28. The van der Waals surface area contributed by atoms with Gasteiger partial charge in [0.05, 0.1) is 16.3 Å². The summed E-state index contributed by atoms with van der Waals surface area (Å²) in [5.74, 6) is -0.341. The molecule has 0 aliphatic carbocycles. The second kappa shape index (κ2) is 6.44. The molecule has 0 saturated heterocycles. The Morgan fingerprint density at radius 3 is 2.14 bits per heavy atom. The number of benzene rings is 1. The zero-order valence-corrected chi connectivity index (χ0v) is 14.2. The zero-order valence-electron chi connectivity index (χ0n) is 13.3. The molecule has 1 N–H and O–H groups in total. The van der Waals surface area contributed by atoms with Crippen LogP contribution in [-0.4, -0.2) is 46.8 Å². The second-order valence-electron chi connectivity index (χ2n) is 5.50. The van der Waals surface area contributed by atoms with E-state index in [2.05, 4.69) is 5.32 Å². The third-order valence-electron chi connectivity index (χ3n) is 3.01. The standard InChI is InChI=1S/C14H23N3O3S/c1-10(2)14(18)15-12-9-11(21(19,20)17(5)6)7-8-13(12)16(3)4/h7-10H,1-6H3,(H,15,18). The maximum absolute atomic E-state index is 12.2. The SMILES string of the molecule is CC(C)C(=O)Nc1cc(S(=O)(=O)N(C)C)ccc1N(C)C. The van der Waals surface area contributed by atoms with Gasteiger partial charge in [0.1, 0.15) is 0 Å². The Labute approximate surface area is 126 Å². The highest BCUT2D eigenvalue weighted by atomic mass is 32.2. The lowest BCUT2D eigenvalue weighted by molar-refractivity contribution is -0.118. The molecule has 0 saturated carbocycles. The van der Waals surface area contributed by atoms with E-state index in [-0.39, 0.29) is 16.7 Å². The summed E-state index contributed by atoms with van der Waals surface area (Å²) in [7, 11) is 3.08. The molecule has 0 unspecified atom stereocenters. The third kappa shape index (κ3) is 3.95. The van der Waals surface area contributed by atoms with Crippen LogP contribution in [-0.2, 0) is 14.8 Å². The number of nitrogens with zero attached hydrogens (tertiary/aromatic N) is 2. The van der Waals surface area contributed by atoms with Gasteiger partial charge in [0.2, 0.25) is 15.9 Å². The molecule has 1 rings (SSSR count). The summed E-state index contributed by atoms with van der Waals surface area (Å²) >= 11 is 0. The molecule has 0 spiro atoms. The van der Waals surface area contributed by atoms with Crippen LogP contribution in [0.2, 0.25) is 0 Å². The van der Waals surface area contributed by atoms with Crippen molar-refractivity contribution in [2.75, 3.05) is 38.4 Å². The smallest absolute Gasteiger partial charge is 0.242 e. The molecule has 0 aliphatic heterocycles. The number of amides is 1. The van der Waals surface area contributed by atoms with Gasteiger partial charge in [-0.2, -0.15) is 0 Å². The quantitative estimate of drug-likeness (QED) is 0.896. The molecule has 7 heteroatoms. The first-order valence-electron chi connectivity index (χ1n) is 6.62. The molecular weight excluding hydrogens is 290 g/mol. The Balaban J connectivity index is 3.34. The van der Waals surface area contributed by atoms with E-state index in [0.717, 1.165) is 9.99 Å². The van der Waals surface area contributed by atoms with Crippen LogP contribution < -0.4 is 10.2 Å². The molecule has 6 nitrogen and oxygen atoms in total. The molecule has 21 heavy (non-hydrogen) atoms. The van der Waals surface area contributed by atoms with Gasteiger partial charge in [-0.15, -0.1) is 0 Å². The Morgan fingerprint density at radius 1 is 1.14 bits per heavy atom. The van der Waals surface area contributed by atoms with E-state index in [9.17, 15) is 13.2 Å². The molecular formula is C14H23N3O3S. The molecule has 1 aromatic carbocycles. The van der Waals surface area contributed by atoms with Crippen LogP contribution in [0.25, 0.3) is 0 Å². The van der Waals surface area contributed by atoms with E-state index < -0.39 is 10.0 Å². The predicted octanol–water partition coefficient (Wildman–Crippen LogP) is 1.60. The monoisotopic (exact) mass is 313 g/mol. The summed E-state index contributed by atoms with van der Waals surface area (Å²) < 4.78 is 25.5. The number of hydrogen-bond donors (Lipinski definition) is 1. The highest BCUT2D eigenvalue weighted by Gasteiger charge is 2.20. The first-order valence-corrected chi connectivity index (χ1v) is 8.06. The van der Waals surface area contributed by atoms with Gasteiger partial charge in [-0.3, -0.25) is 4.79 Å². The first-order chi connectivity index (χ1) is 9.57. The maximum atomic E-state index is 12.2. The topological polar surface area (TPSA) is 69.7 Å². The number of nitrogens with one attached hydrogen (secondary N) is 1. The predicted molar refractivity (Wildman–Crippen MR) is 85.1 cm³/mol. The molecule has 0 aromatic heterocycles. The summed E-state index contributed by atoms with van der Waals surface area (Å²) in [6.07, 6.45) is 0. The van der Waals surface area contributed by atoms with Crippen LogP contribution in [0.3, 0.4) is 0 Å². The van der Waals surface area contributed by atoms with E-state index in [1.165, 1.54) is 26.2 Å². The molecule has 1 aromatic rings. The minimum absolute atomic E-state index is 0.150. The Bertz CT molecular complexity index is 622. The van der Waals surface area contributed by atoms with E-state index in [1.54, 1.807) is 19.9 Å². The van der Waals surface area contributed by atoms with Crippen LogP contribution in [0.5, 0.6) is 0 Å². The second-order valence-corrected chi connectivity index (χ2v) is 7.66. The van der Waals surface area contributed by atoms with Crippen LogP contribution in [0.15, 0.2) is 23.1 Å². The van der Waals surface area contributed by atoms with E-state index in [1.807, 2.05) is 19.0 Å². The average molecular weight is 313 g/mol. The van der Waals surface area contributed by atoms with Crippen molar-refractivity contribution in [3.05, 3.63) is 18.2 Å². The fourth-order valence-electron chi connectivity index (χ4n) is 1.65. The zero-order chi connectivity index (χ0) is 16.4. The van der Waals surface area contributed by atoms with Crippen molar-refractivity contribution < 1.29 is 13.2 Å². The average Bonchev–Trinajstić information content (AvgIpc) is 2.37. The van der Waals surface area contributed by atoms with Gasteiger partial charge in [0, 0.05) is 34.1 Å². The largest absolute Gasteiger partial charge is 0.376 e. The van der Waals surface area contributed by atoms with Gasteiger partial charge in [0.25, 0.3) is 0 Å². The van der Waals surface area contributed by atoms with Crippen molar-refractivity contribution in [1.82, 2.24) is 4.31 Å². The van der Waals surface area contributed by atoms with Crippen molar-refractivity contribution in [3.63, 3.8) is 0 Å². The lowest BCUT2D eigenvalue weighted by atomic mass is 10.2. The molecule has 0 bridgehead atoms. The van der Waals surface area contributed by atoms with Gasteiger partial charge in [-0.1, -0.05) is 13.8 Å². The van der Waals surface area contributed by atoms with Gasteiger partial charge < -0.3 is 10.2 Å². The molecule has 0 radical (unpaired) electrons. The summed E-state index contributed by atoms with van der Waals surface area (Å²) in [5, 5.41) is 2.78. The number of carbonyl (C=O) groups is 1. The first kappa shape index (κ1) is 17.5. The lowest BCUT2D eigenvalue weighted by Crippen LogP contribution is -2.24. The minimum Gasteiger partial charge on any atom is -0.376 e. The van der Waals surface area contributed by atoms with Crippen LogP contribution >= 0.6 is 0 Å². The molecule has 0 atom stereocenters. The Kier molecular flexibility index (Phi) is 5.36. The maximum Gasteiger partial charge on any atom is 0.242 e. The fourth-order valence-corrected chi connectivity index (χ4v) is 2.58. The van der Waals surface area contributed by atoms with Crippen LogP contribution in [0.1, 0.15) is 13.8 Å². The summed E-state index contributed by atoms with van der Waals surface area (Å²) in [4.78, 5) is 13.9. The molecule has 0 aliphatic rings. The number of carbonyl (C=O) groups excluding carboxylic acids is 1. The molecule has 1 amide bonds. The van der Waals surface area contributed by atoms with E-state index in [0.29, 0.717) is 5.69 Å². The normalized spacial score (nSPS) is 11.8. The van der Waals surface area contributed by atoms with Crippen molar-refractivity contribution in [2.45, 2.75) is 18.7 Å². The van der Waals surface area contributed by atoms with Gasteiger partial charge in [-0.25, -0.2) is 12.7 Å². The van der Waals surface area contributed by atoms with E-state index in [4.69, 9.17) is 0 Å². The Hall–Kier alpha value is -1.60. The Morgan fingerprint density at radius 2 is 1.71 bits per heavy atom. The van der Waals surface area contributed by atoms with Crippen LogP contribution in [0.4, 0.5) is 11.4 Å². The fraction of sp³-hybridized carbons (Fsp3) is 0.500. The highest BCUT2D eigenvalue weighted by molar-refractivity contribution is 7.89. The van der Waals surface area contributed by atoms with Gasteiger partial charge in [0.15, 0.2) is 0 Å². The molecule has 118 valence electrons. The number of rotatable bonds is 5. The van der Waals surface area contributed by atoms with Gasteiger partial charge in [-0.05, 0) is 18.2 Å². The summed E-state index contributed by atoms with van der Waals surface area (Å²) in [6.45, 7) is 3.57. The van der Waals surface area contributed by atoms with Gasteiger partial charge >= 0.3 is 0 Å². The number of anilines is 2. The minimum atomic E-state index is -3.53. The molecule has 0 heterocycles.